The second kappa shape index (κ2) is 9.39. The molecule has 0 aliphatic heterocycles. The van der Waals surface area contributed by atoms with Crippen molar-refractivity contribution < 1.29 is 17.6 Å². The number of aromatic nitrogens is 2. The van der Waals surface area contributed by atoms with Gasteiger partial charge in [0.05, 0.1) is 23.3 Å². The van der Waals surface area contributed by atoms with E-state index >= 15 is 0 Å². The first kappa shape index (κ1) is 23.3. The Morgan fingerprint density at radius 2 is 1.72 bits per heavy atom. The quantitative estimate of drug-likeness (QED) is 0.559. The largest absolute Gasteiger partial charge is 0.320 e. The van der Waals surface area contributed by atoms with Gasteiger partial charge in [0, 0.05) is 20.0 Å². The zero-order valence-corrected chi connectivity index (χ0v) is 18.9. The van der Waals surface area contributed by atoms with E-state index in [1.807, 2.05) is 18.2 Å². The average molecular weight is 461 g/mol. The first-order valence-corrected chi connectivity index (χ1v) is 11.8. The normalized spacial score (nSPS) is 11.4. The number of sulfonamides is 1. The van der Waals surface area contributed by atoms with Gasteiger partial charge >= 0.3 is 0 Å². The van der Waals surface area contributed by atoms with Gasteiger partial charge < -0.3 is 5.32 Å². The van der Waals surface area contributed by atoms with Crippen LogP contribution in [0, 0.1) is 12.7 Å². The zero-order valence-electron chi connectivity index (χ0n) is 18.1. The third-order valence-electron chi connectivity index (χ3n) is 5.11. The molecule has 0 bridgehead atoms. The van der Waals surface area contributed by atoms with E-state index in [0.29, 0.717) is 11.4 Å². The van der Waals surface area contributed by atoms with Gasteiger partial charge in [0.25, 0.3) is 5.56 Å². The summed E-state index contributed by atoms with van der Waals surface area (Å²) < 4.78 is 42.4. The Hall–Kier alpha value is -3.40. The van der Waals surface area contributed by atoms with E-state index in [1.165, 1.54) is 22.9 Å². The predicted molar refractivity (Wildman–Crippen MR) is 122 cm³/mol. The number of anilines is 2. The van der Waals surface area contributed by atoms with Crippen LogP contribution in [0.25, 0.3) is 5.69 Å². The minimum atomic E-state index is -3.74. The van der Waals surface area contributed by atoms with Crippen molar-refractivity contribution in [2.45, 2.75) is 19.8 Å². The van der Waals surface area contributed by atoms with E-state index in [-0.39, 0.29) is 36.3 Å². The molecule has 0 spiro atoms. The Kier molecular flexibility index (Phi) is 6.83. The predicted octanol–water partition coefficient (Wildman–Crippen LogP) is 2.81. The summed E-state index contributed by atoms with van der Waals surface area (Å²) in [5, 5.41) is 2.64. The van der Waals surface area contributed by atoms with E-state index in [1.54, 1.807) is 36.9 Å². The SMILES string of the molecule is Cc1c(NC(=O)CCCN(c2ccccc2F)S(C)(=O)=O)c(=O)n(-c2ccccc2)n1C. The summed E-state index contributed by atoms with van der Waals surface area (Å²) in [7, 11) is -2.02. The lowest BCUT2D eigenvalue weighted by molar-refractivity contribution is -0.116. The van der Waals surface area contributed by atoms with Gasteiger partial charge in [0.15, 0.2) is 0 Å². The molecule has 1 N–H and O–H groups in total. The molecule has 1 aromatic heterocycles. The molecule has 0 fully saturated rings. The number of nitrogens with zero attached hydrogens (tertiary/aromatic N) is 3. The summed E-state index contributed by atoms with van der Waals surface area (Å²) in [6.45, 7) is 1.65. The molecule has 3 aromatic rings. The van der Waals surface area contributed by atoms with Crippen molar-refractivity contribution in [1.29, 1.82) is 0 Å². The third-order valence-corrected chi connectivity index (χ3v) is 6.29. The molecule has 0 saturated carbocycles. The van der Waals surface area contributed by atoms with Crippen LogP contribution in [-0.4, -0.2) is 36.5 Å². The molecule has 8 nitrogen and oxygen atoms in total. The number of rotatable bonds is 8. The van der Waals surface area contributed by atoms with Gasteiger partial charge in [-0.25, -0.2) is 17.5 Å². The minimum Gasteiger partial charge on any atom is -0.320 e. The molecule has 10 heteroatoms. The van der Waals surface area contributed by atoms with Crippen LogP contribution < -0.4 is 15.2 Å². The van der Waals surface area contributed by atoms with E-state index in [4.69, 9.17) is 0 Å². The smallest absolute Gasteiger partial charge is 0.295 e. The molecule has 0 aliphatic rings. The maximum absolute atomic E-state index is 14.1. The first-order valence-electron chi connectivity index (χ1n) is 9.97. The lowest BCUT2D eigenvalue weighted by Gasteiger charge is -2.22. The molecule has 1 heterocycles. The van der Waals surface area contributed by atoms with Gasteiger partial charge in [-0.15, -0.1) is 0 Å². The summed E-state index contributed by atoms with van der Waals surface area (Å²) in [5.74, 6) is -1.10. The minimum absolute atomic E-state index is 0.0421. The fourth-order valence-electron chi connectivity index (χ4n) is 3.42. The molecule has 0 unspecified atom stereocenters. The Morgan fingerprint density at radius 1 is 1.09 bits per heavy atom. The van der Waals surface area contributed by atoms with Crippen molar-refractivity contribution in [3.8, 4) is 5.69 Å². The number of carbonyl (C=O) groups excluding carboxylic acids is 1. The number of nitrogens with one attached hydrogen (secondary N) is 1. The van der Waals surface area contributed by atoms with Crippen molar-refractivity contribution in [2.24, 2.45) is 7.05 Å². The van der Waals surface area contributed by atoms with Crippen molar-refractivity contribution >= 4 is 27.3 Å². The van der Waals surface area contributed by atoms with E-state index in [0.717, 1.165) is 10.6 Å². The van der Waals surface area contributed by atoms with E-state index < -0.39 is 21.7 Å². The van der Waals surface area contributed by atoms with Crippen LogP contribution in [0.5, 0.6) is 0 Å². The highest BCUT2D eigenvalue weighted by atomic mass is 32.2. The summed E-state index contributed by atoms with van der Waals surface area (Å²) in [5.41, 5.74) is 0.970. The average Bonchev–Trinajstić information content (AvgIpc) is 2.95. The maximum Gasteiger partial charge on any atom is 0.295 e. The number of hydrogen-bond acceptors (Lipinski definition) is 4. The molecule has 32 heavy (non-hydrogen) atoms. The number of amides is 1. The van der Waals surface area contributed by atoms with Gasteiger partial charge in [-0.2, -0.15) is 0 Å². The number of hydrogen-bond donors (Lipinski definition) is 1. The number of para-hydroxylation sites is 2. The fraction of sp³-hybridized carbons (Fsp3) is 0.273. The van der Waals surface area contributed by atoms with Crippen LogP contribution in [0.2, 0.25) is 0 Å². The summed E-state index contributed by atoms with van der Waals surface area (Å²) in [4.78, 5) is 25.4. The Bertz CT molecular complexity index is 1280. The monoisotopic (exact) mass is 460 g/mol. The molecular weight excluding hydrogens is 435 g/mol. The van der Waals surface area contributed by atoms with Crippen molar-refractivity contribution in [1.82, 2.24) is 9.36 Å². The summed E-state index contributed by atoms with van der Waals surface area (Å²) in [6, 6.07) is 14.6. The van der Waals surface area contributed by atoms with Crippen molar-refractivity contribution in [3.05, 3.63) is 76.5 Å². The molecule has 0 atom stereocenters. The van der Waals surface area contributed by atoms with Crippen LogP contribution in [0.1, 0.15) is 18.5 Å². The lowest BCUT2D eigenvalue weighted by Crippen LogP contribution is -2.32. The topological polar surface area (TPSA) is 93.4 Å². The second-order valence-electron chi connectivity index (χ2n) is 7.37. The highest BCUT2D eigenvalue weighted by Crippen LogP contribution is 2.22. The Balaban J connectivity index is 1.72. The third kappa shape index (κ3) is 4.91. The molecule has 170 valence electrons. The number of carbonyl (C=O) groups is 1. The molecule has 1 amide bonds. The van der Waals surface area contributed by atoms with E-state index in [2.05, 4.69) is 5.32 Å². The lowest BCUT2D eigenvalue weighted by atomic mass is 10.2. The zero-order chi connectivity index (χ0) is 23.5. The van der Waals surface area contributed by atoms with Gasteiger partial charge in [-0.1, -0.05) is 30.3 Å². The maximum atomic E-state index is 14.1. The van der Waals surface area contributed by atoms with Gasteiger partial charge in [0.2, 0.25) is 15.9 Å². The highest BCUT2D eigenvalue weighted by Gasteiger charge is 2.21. The molecular formula is C22H25FN4O4S. The molecule has 0 radical (unpaired) electrons. The fourth-order valence-corrected chi connectivity index (χ4v) is 4.38. The van der Waals surface area contributed by atoms with Crippen LogP contribution in [-0.2, 0) is 21.9 Å². The highest BCUT2D eigenvalue weighted by molar-refractivity contribution is 7.92. The second-order valence-corrected chi connectivity index (χ2v) is 9.28. The number of halogens is 1. The summed E-state index contributed by atoms with van der Waals surface area (Å²) in [6.07, 6.45) is 1.09. The molecule has 0 aliphatic carbocycles. The molecule has 0 saturated heterocycles. The van der Waals surface area contributed by atoms with Crippen molar-refractivity contribution in [2.75, 3.05) is 22.4 Å². The van der Waals surface area contributed by atoms with Gasteiger partial charge in [-0.05, 0) is 37.6 Å². The van der Waals surface area contributed by atoms with Gasteiger partial charge in [0.1, 0.15) is 11.5 Å². The van der Waals surface area contributed by atoms with Crippen LogP contribution in [0.4, 0.5) is 15.8 Å². The van der Waals surface area contributed by atoms with E-state index in [9.17, 15) is 22.4 Å². The standard InChI is InChI=1S/C22H25FN4O4S/c1-16-21(22(29)27(25(16)2)17-10-5-4-6-11-17)24-20(28)14-9-15-26(32(3,30)31)19-13-8-7-12-18(19)23/h4-8,10-13H,9,14-15H2,1-3H3,(H,24,28). The van der Waals surface area contributed by atoms with Crippen LogP contribution >= 0.6 is 0 Å². The van der Waals surface area contributed by atoms with Crippen LogP contribution in [0.3, 0.4) is 0 Å². The first-order chi connectivity index (χ1) is 15.1. The number of benzene rings is 2. The van der Waals surface area contributed by atoms with Crippen LogP contribution in [0.15, 0.2) is 59.4 Å². The molecule has 3 rings (SSSR count). The van der Waals surface area contributed by atoms with Crippen molar-refractivity contribution in [3.63, 3.8) is 0 Å². The van der Waals surface area contributed by atoms with Gasteiger partial charge in [-0.3, -0.25) is 18.6 Å². The Morgan fingerprint density at radius 3 is 2.34 bits per heavy atom. The Labute approximate surface area is 185 Å². The summed E-state index contributed by atoms with van der Waals surface area (Å²) >= 11 is 0. The molecule has 2 aromatic carbocycles.